The Labute approximate surface area is 204 Å². The number of halogens is 3. The number of nitrogens with two attached hydrogens (primary N) is 2. The lowest BCUT2D eigenvalue weighted by Gasteiger charge is -2.09. The van der Waals surface area contributed by atoms with E-state index >= 15 is 0 Å². The standard InChI is InChI=1S/C25H24F3N5O3/c26-25(27,28)18(13-29)7-8-19(34)15-3-5-16(6-4-15)21-22-23(30)31-9-10-33(22)24(32-21)17-2-1-14(11-17)12-20(35)36/h3-10,13-14,17H,1-2,11-12,29H2,(H2,30,31)(H,35,36)/b8-7?,18-13+/t14-,17-/m1/s1. The van der Waals surface area contributed by atoms with Crippen LogP contribution in [0, 0.1) is 5.92 Å². The van der Waals surface area contributed by atoms with Crippen LogP contribution in [0.5, 0.6) is 0 Å². The first-order valence-electron chi connectivity index (χ1n) is 11.2. The minimum Gasteiger partial charge on any atom is -0.481 e. The Hall–Kier alpha value is -4.15. The van der Waals surface area contributed by atoms with Crippen molar-refractivity contribution in [1.82, 2.24) is 14.4 Å². The highest BCUT2D eigenvalue weighted by Crippen LogP contribution is 2.41. The first-order valence-corrected chi connectivity index (χ1v) is 11.2. The Morgan fingerprint density at radius 2 is 1.89 bits per heavy atom. The van der Waals surface area contributed by atoms with Crippen LogP contribution in [0.15, 0.2) is 60.6 Å². The molecule has 1 aromatic carbocycles. The number of fused-ring (bicyclic) bond motifs is 1. The van der Waals surface area contributed by atoms with Crippen LogP contribution in [0.4, 0.5) is 19.0 Å². The number of ketones is 1. The number of carbonyl (C=O) groups excluding carboxylic acids is 1. The van der Waals surface area contributed by atoms with Crippen LogP contribution in [0.2, 0.25) is 0 Å². The second-order valence-electron chi connectivity index (χ2n) is 8.72. The van der Waals surface area contributed by atoms with Crippen molar-refractivity contribution in [3.63, 3.8) is 0 Å². The van der Waals surface area contributed by atoms with Gasteiger partial charge in [-0.1, -0.05) is 24.3 Å². The van der Waals surface area contributed by atoms with E-state index < -0.39 is 23.5 Å². The van der Waals surface area contributed by atoms with Crippen molar-refractivity contribution in [2.24, 2.45) is 11.7 Å². The maximum absolute atomic E-state index is 12.8. The fraction of sp³-hybridized carbons (Fsp3) is 0.280. The number of carboxylic acid groups (broad SMARTS) is 1. The van der Waals surface area contributed by atoms with Gasteiger partial charge in [-0.15, -0.1) is 0 Å². The first kappa shape index (κ1) is 25.0. The van der Waals surface area contributed by atoms with Gasteiger partial charge in [0.25, 0.3) is 0 Å². The third-order valence-electron chi connectivity index (χ3n) is 6.34. The van der Waals surface area contributed by atoms with Gasteiger partial charge in [0, 0.05) is 42.1 Å². The third kappa shape index (κ3) is 5.09. The maximum atomic E-state index is 12.8. The Balaban J connectivity index is 1.63. The van der Waals surface area contributed by atoms with E-state index in [1.54, 1.807) is 24.5 Å². The highest BCUT2D eigenvalue weighted by atomic mass is 19.4. The average Bonchev–Trinajstić information content (AvgIpc) is 3.43. The molecule has 0 aliphatic heterocycles. The number of aliphatic carboxylic acids is 1. The number of carbonyl (C=O) groups is 2. The molecule has 3 aromatic rings. The van der Waals surface area contributed by atoms with Crippen LogP contribution < -0.4 is 11.5 Å². The third-order valence-corrected chi connectivity index (χ3v) is 6.34. The summed E-state index contributed by atoms with van der Waals surface area (Å²) in [6.07, 6.45) is 2.94. The van der Waals surface area contributed by atoms with E-state index in [4.69, 9.17) is 21.6 Å². The van der Waals surface area contributed by atoms with Crippen LogP contribution in [-0.2, 0) is 4.79 Å². The predicted molar refractivity (Wildman–Crippen MR) is 127 cm³/mol. The fourth-order valence-electron chi connectivity index (χ4n) is 4.62. The summed E-state index contributed by atoms with van der Waals surface area (Å²) in [5.41, 5.74) is 12.0. The summed E-state index contributed by atoms with van der Waals surface area (Å²) in [4.78, 5) is 32.5. The molecule has 0 bridgehead atoms. The Bertz CT molecular complexity index is 1360. The quantitative estimate of drug-likeness (QED) is 0.248. The zero-order chi connectivity index (χ0) is 26.0. The van der Waals surface area contributed by atoms with Gasteiger partial charge in [0.15, 0.2) is 5.78 Å². The highest BCUT2D eigenvalue weighted by molar-refractivity contribution is 6.05. The van der Waals surface area contributed by atoms with E-state index in [2.05, 4.69) is 4.98 Å². The number of aromatic nitrogens is 3. The van der Waals surface area contributed by atoms with Crippen molar-refractivity contribution < 1.29 is 27.9 Å². The molecule has 2 atom stereocenters. The fourth-order valence-corrected chi connectivity index (χ4v) is 4.62. The molecule has 36 heavy (non-hydrogen) atoms. The van der Waals surface area contributed by atoms with Crippen molar-refractivity contribution in [3.05, 3.63) is 72.0 Å². The van der Waals surface area contributed by atoms with Gasteiger partial charge in [-0.25, -0.2) is 9.97 Å². The number of benzene rings is 1. The predicted octanol–water partition coefficient (Wildman–Crippen LogP) is 4.48. The molecule has 0 radical (unpaired) electrons. The van der Waals surface area contributed by atoms with Gasteiger partial charge in [-0.2, -0.15) is 13.2 Å². The molecule has 0 amide bonds. The smallest absolute Gasteiger partial charge is 0.417 e. The number of carboxylic acids is 1. The molecule has 188 valence electrons. The SMILES string of the molecule is N/C=C(\C=CC(=O)c1ccc(-c2nc([C@@H]3CC[C@@H](CC(=O)O)C3)n3ccnc(N)c23)cc1)C(F)(F)F. The molecule has 1 saturated carbocycles. The van der Waals surface area contributed by atoms with Crippen molar-refractivity contribution >= 4 is 23.1 Å². The number of nitrogens with zero attached hydrogens (tertiary/aromatic N) is 3. The normalized spacial score (nSPS) is 18.8. The molecule has 8 nitrogen and oxygen atoms in total. The molecule has 11 heteroatoms. The largest absolute Gasteiger partial charge is 0.481 e. The second kappa shape index (κ2) is 9.84. The number of allylic oxidation sites excluding steroid dienone is 3. The van der Waals surface area contributed by atoms with E-state index in [1.165, 1.54) is 12.1 Å². The molecular formula is C25H24F3N5O3. The molecule has 0 saturated heterocycles. The second-order valence-corrected chi connectivity index (χ2v) is 8.72. The monoisotopic (exact) mass is 499 g/mol. The van der Waals surface area contributed by atoms with E-state index in [0.29, 0.717) is 35.5 Å². The lowest BCUT2D eigenvalue weighted by molar-refractivity contribution is -0.138. The Morgan fingerprint density at radius 3 is 2.53 bits per heavy atom. The number of hydrogen-bond donors (Lipinski definition) is 3. The summed E-state index contributed by atoms with van der Waals surface area (Å²) in [5, 5.41) is 9.13. The van der Waals surface area contributed by atoms with Gasteiger partial charge in [0.05, 0.1) is 5.57 Å². The molecular weight excluding hydrogens is 475 g/mol. The van der Waals surface area contributed by atoms with Crippen molar-refractivity contribution in [1.29, 1.82) is 0 Å². The number of alkyl halides is 3. The number of rotatable bonds is 7. The summed E-state index contributed by atoms with van der Waals surface area (Å²) in [6, 6.07) is 6.28. The van der Waals surface area contributed by atoms with Gasteiger partial charge in [0.2, 0.25) is 0 Å². The Kier molecular flexibility index (Phi) is 6.82. The molecule has 0 unspecified atom stereocenters. The first-order chi connectivity index (χ1) is 17.1. The van der Waals surface area contributed by atoms with E-state index in [0.717, 1.165) is 24.7 Å². The summed E-state index contributed by atoms with van der Waals surface area (Å²) < 4.78 is 40.3. The molecule has 1 fully saturated rings. The van der Waals surface area contributed by atoms with Gasteiger partial charge in [-0.3, -0.25) is 14.0 Å². The lowest BCUT2D eigenvalue weighted by Crippen LogP contribution is -2.12. The van der Waals surface area contributed by atoms with Crippen molar-refractivity contribution in [3.8, 4) is 11.3 Å². The summed E-state index contributed by atoms with van der Waals surface area (Å²) in [5.74, 6) is -0.270. The van der Waals surface area contributed by atoms with Crippen molar-refractivity contribution in [2.45, 2.75) is 37.8 Å². The molecule has 1 aliphatic carbocycles. The highest BCUT2D eigenvalue weighted by Gasteiger charge is 2.32. The number of nitrogen functional groups attached to an aromatic ring is 1. The summed E-state index contributed by atoms with van der Waals surface area (Å²) in [6.45, 7) is 0. The maximum Gasteiger partial charge on any atom is 0.417 e. The van der Waals surface area contributed by atoms with E-state index in [-0.39, 0.29) is 29.6 Å². The van der Waals surface area contributed by atoms with Crippen LogP contribution in [0.25, 0.3) is 16.8 Å². The summed E-state index contributed by atoms with van der Waals surface area (Å²) in [7, 11) is 0. The number of imidazole rings is 1. The van der Waals surface area contributed by atoms with Gasteiger partial charge in [-0.05, 0) is 37.3 Å². The topological polar surface area (TPSA) is 137 Å². The number of anilines is 1. The molecule has 0 spiro atoms. The van der Waals surface area contributed by atoms with E-state index in [9.17, 15) is 22.8 Å². The molecule has 5 N–H and O–H groups in total. The molecule has 4 rings (SSSR count). The van der Waals surface area contributed by atoms with Crippen LogP contribution in [0.3, 0.4) is 0 Å². The van der Waals surface area contributed by atoms with Gasteiger partial charge in [0.1, 0.15) is 22.9 Å². The molecule has 1 aliphatic rings. The lowest BCUT2D eigenvalue weighted by atomic mass is 10.0. The van der Waals surface area contributed by atoms with Crippen LogP contribution in [0.1, 0.15) is 47.8 Å². The van der Waals surface area contributed by atoms with Crippen molar-refractivity contribution in [2.75, 3.05) is 5.73 Å². The summed E-state index contributed by atoms with van der Waals surface area (Å²) >= 11 is 0. The molecule has 2 heterocycles. The zero-order valence-corrected chi connectivity index (χ0v) is 19.1. The van der Waals surface area contributed by atoms with Crippen LogP contribution >= 0.6 is 0 Å². The zero-order valence-electron chi connectivity index (χ0n) is 19.1. The van der Waals surface area contributed by atoms with E-state index in [1.807, 2.05) is 4.40 Å². The minimum absolute atomic E-state index is 0.0572. The Morgan fingerprint density at radius 1 is 1.17 bits per heavy atom. The minimum atomic E-state index is -4.66. The van der Waals surface area contributed by atoms with Gasteiger partial charge >= 0.3 is 12.1 Å². The van der Waals surface area contributed by atoms with Crippen LogP contribution in [-0.4, -0.2) is 37.4 Å². The number of hydrogen-bond acceptors (Lipinski definition) is 6. The van der Waals surface area contributed by atoms with Gasteiger partial charge < -0.3 is 16.6 Å². The molecule has 2 aromatic heterocycles. The average molecular weight is 499 g/mol.